The van der Waals surface area contributed by atoms with Crippen LogP contribution in [-0.4, -0.2) is 53.9 Å². The van der Waals surface area contributed by atoms with Crippen LogP contribution < -0.4 is 4.74 Å². The minimum absolute atomic E-state index is 0.173. The van der Waals surface area contributed by atoms with E-state index in [1.54, 1.807) is 53.3 Å². The molecule has 0 spiro atoms. The minimum atomic E-state index is -1.18. The largest absolute Gasteiger partial charge is 0.493 e. The maximum atomic E-state index is 13.8. The van der Waals surface area contributed by atoms with Gasteiger partial charge in [0.25, 0.3) is 5.91 Å². The average molecular weight is 535 g/mol. The van der Waals surface area contributed by atoms with Gasteiger partial charge in [0.15, 0.2) is 0 Å². The smallest absolute Gasteiger partial charge is 0.254 e. The highest BCUT2D eigenvalue weighted by molar-refractivity contribution is 6.76. The molecule has 2 aromatic carbocycles. The number of nitrogens with zero attached hydrogens (tertiary/aromatic N) is 4. The Kier molecular flexibility index (Phi) is 8.58. The van der Waals surface area contributed by atoms with Crippen molar-refractivity contribution in [1.29, 1.82) is 0 Å². The van der Waals surface area contributed by atoms with Crippen molar-refractivity contribution in [2.75, 3.05) is 20.3 Å². The molecule has 2 aromatic heterocycles. The molecule has 38 heavy (non-hydrogen) atoms. The van der Waals surface area contributed by atoms with Gasteiger partial charge < -0.3 is 14.4 Å². The summed E-state index contributed by atoms with van der Waals surface area (Å²) < 4.78 is 27.4. The molecule has 0 radical (unpaired) electrons. The van der Waals surface area contributed by atoms with Gasteiger partial charge in [0.05, 0.1) is 30.6 Å². The van der Waals surface area contributed by atoms with E-state index < -0.39 is 8.07 Å². The van der Waals surface area contributed by atoms with Crippen LogP contribution in [0.2, 0.25) is 25.7 Å². The quantitative estimate of drug-likeness (QED) is 0.169. The van der Waals surface area contributed by atoms with Gasteiger partial charge in [-0.05, 0) is 54.9 Å². The van der Waals surface area contributed by atoms with E-state index in [2.05, 4.69) is 29.7 Å². The zero-order valence-corrected chi connectivity index (χ0v) is 23.7. The number of fused-ring (bicyclic) bond motifs is 1. The third-order valence-corrected chi connectivity index (χ3v) is 7.94. The topological polar surface area (TPSA) is 69.5 Å². The number of pyridine rings is 1. The number of ether oxygens (including phenoxy) is 2. The number of hydrogen-bond acceptors (Lipinski definition) is 5. The summed E-state index contributed by atoms with van der Waals surface area (Å²) in [5.41, 5.74) is 3.50. The van der Waals surface area contributed by atoms with E-state index in [0.717, 1.165) is 28.2 Å². The van der Waals surface area contributed by atoms with Crippen molar-refractivity contribution in [2.24, 2.45) is 0 Å². The SMILES string of the molecule is CCOc1cc(C(=O)N(C)Cc2nccc3cnn(COCC[Si](C)(C)C)c23)ccc1-c1cccc(F)c1. The Bertz CT molecular complexity index is 1420. The molecule has 0 aliphatic heterocycles. The van der Waals surface area contributed by atoms with Crippen molar-refractivity contribution in [3.8, 4) is 16.9 Å². The summed E-state index contributed by atoms with van der Waals surface area (Å²) in [7, 11) is 0.563. The van der Waals surface area contributed by atoms with Gasteiger partial charge in [-0.15, -0.1) is 0 Å². The molecule has 9 heteroatoms. The number of carbonyl (C=O) groups excluding carboxylic acids is 1. The lowest BCUT2D eigenvalue weighted by atomic mass is 10.0. The first-order valence-electron chi connectivity index (χ1n) is 12.8. The molecule has 200 valence electrons. The molecular weight excluding hydrogens is 499 g/mol. The fourth-order valence-corrected chi connectivity index (χ4v) is 4.95. The number of halogens is 1. The van der Waals surface area contributed by atoms with Gasteiger partial charge in [0.1, 0.15) is 18.3 Å². The molecule has 4 aromatic rings. The highest BCUT2D eigenvalue weighted by Crippen LogP contribution is 2.32. The zero-order valence-electron chi connectivity index (χ0n) is 22.7. The van der Waals surface area contributed by atoms with Crippen LogP contribution in [0.15, 0.2) is 60.9 Å². The van der Waals surface area contributed by atoms with Crippen LogP contribution in [-0.2, 0) is 18.0 Å². The second-order valence-electron chi connectivity index (χ2n) is 10.5. The lowest BCUT2D eigenvalue weighted by molar-refractivity contribution is 0.0779. The van der Waals surface area contributed by atoms with Gasteiger partial charge in [-0.3, -0.25) is 9.78 Å². The number of amides is 1. The number of aromatic nitrogens is 3. The van der Waals surface area contributed by atoms with E-state index in [4.69, 9.17) is 9.47 Å². The van der Waals surface area contributed by atoms with Crippen molar-refractivity contribution in [3.05, 3.63) is 78.0 Å². The minimum Gasteiger partial charge on any atom is -0.493 e. The first-order chi connectivity index (χ1) is 18.2. The molecule has 0 unspecified atom stereocenters. The summed E-state index contributed by atoms with van der Waals surface area (Å²) in [6.45, 7) is 10.6. The molecule has 0 atom stereocenters. The molecule has 0 saturated heterocycles. The van der Waals surface area contributed by atoms with E-state index >= 15 is 0 Å². The predicted octanol–water partition coefficient (Wildman–Crippen LogP) is 6.22. The van der Waals surface area contributed by atoms with Crippen LogP contribution in [0.3, 0.4) is 0 Å². The normalized spacial score (nSPS) is 11.6. The lowest BCUT2D eigenvalue weighted by Crippen LogP contribution is -2.27. The molecule has 0 saturated carbocycles. The van der Waals surface area contributed by atoms with Crippen molar-refractivity contribution >= 4 is 24.9 Å². The molecular formula is C29H35FN4O3Si. The number of rotatable bonds is 11. The molecule has 0 aliphatic carbocycles. The van der Waals surface area contributed by atoms with Gasteiger partial charge >= 0.3 is 0 Å². The third-order valence-electron chi connectivity index (χ3n) is 6.23. The van der Waals surface area contributed by atoms with E-state index in [0.29, 0.717) is 43.4 Å². The molecule has 0 aliphatic rings. The monoisotopic (exact) mass is 534 g/mol. The summed E-state index contributed by atoms with van der Waals surface area (Å²) >= 11 is 0. The van der Waals surface area contributed by atoms with Crippen molar-refractivity contribution in [1.82, 2.24) is 19.7 Å². The van der Waals surface area contributed by atoms with Crippen LogP contribution in [0.5, 0.6) is 5.75 Å². The third kappa shape index (κ3) is 6.65. The highest BCUT2D eigenvalue weighted by Gasteiger charge is 2.19. The van der Waals surface area contributed by atoms with Gasteiger partial charge in [0, 0.05) is 44.4 Å². The Morgan fingerprint density at radius 3 is 2.68 bits per heavy atom. The average Bonchev–Trinajstić information content (AvgIpc) is 3.30. The first kappa shape index (κ1) is 27.5. The molecule has 0 N–H and O–H groups in total. The summed E-state index contributed by atoms with van der Waals surface area (Å²) in [4.78, 5) is 19.6. The molecule has 2 heterocycles. The van der Waals surface area contributed by atoms with Crippen LogP contribution in [0.25, 0.3) is 22.0 Å². The van der Waals surface area contributed by atoms with Gasteiger partial charge in [0.2, 0.25) is 0 Å². The number of benzene rings is 2. The highest BCUT2D eigenvalue weighted by atomic mass is 28.3. The van der Waals surface area contributed by atoms with Crippen LogP contribution >= 0.6 is 0 Å². The van der Waals surface area contributed by atoms with Gasteiger partial charge in [-0.2, -0.15) is 5.10 Å². The van der Waals surface area contributed by atoms with Crippen molar-refractivity contribution in [2.45, 2.75) is 45.9 Å². The fourth-order valence-electron chi connectivity index (χ4n) is 4.19. The summed E-state index contributed by atoms with van der Waals surface area (Å²) in [6.07, 6.45) is 3.53. The molecule has 0 bridgehead atoms. The van der Waals surface area contributed by atoms with Crippen LogP contribution in [0.4, 0.5) is 4.39 Å². The molecule has 0 fully saturated rings. The second-order valence-corrected chi connectivity index (χ2v) is 16.1. The Morgan fingerprint density at radius 2 is 1.95 bits per heavy atom. The molecule has 1 amide bonds. The van der Waals surface area contributed by atoms with Gasteiger partial charge in [-0.25, -0.2) is 9.07 Å². The maximum absolute atomic E-state index is 13.8. The van der Waals surface area contributed by atoms with E-state index in [9.17, 15) is 9.18 Å². The van der Waals surface area contributed by atoms with E-state index in [-0.39, 0.29) is 11.7 Å². The summed E-state index contributed by atoms with van der Waals surface area (Å²) in [5.74, 6) is 0.0336. The van der Waals surface area contributed by atoms with E-state index in [1.807, 2.05) is 19.1 Å². The second kappa shape index (κ2) is 11.9. The fraction of sp³-hybridized carbons (Fsp3) is 0.345. The number of hydrogen-bond donors (Lipinski definition) is 0. The van der Waals surface area contributed by atoms with Crippen molar-refractivity contribution < 1.29 is 18.7 Å². The van der Waals surface area contributed by atoms with Gasteiger partial charge in [-0.1, -0.05) is 31.8 Å². The standard InChI is InChI=1S/C29H35FN4O3Si/c1-6-37-27-17-22(10-11-25(27)21-8-7-9-24(30)16-21)29(35)33(2)19-26-28-23(12-13-31-26)18-32-34(28)20-36-14-15-38(3,4)5/h7-13,16-18H,6,14-15,19-20H2,1-5H3. The molecule has 7 nitrogen and oxygen atoms in total. The summed E-state index contributed by atoms with van der Waals surface area (Å²) in [5, 5.41) is 5.44. The lowest BCUT2D eigenvalue weighted by Gasteiger charge is -2.19. The molecule has 4 rings (SSSR count). The number of carbonyl (C=O) groups is 1. The first-order valence-corrected chi connectivity index (χ1v) is 16.5. The maximum Gasteiger partial charge on any atom is 0.254 e. The zero-order chi connectivity index (χ0) is 27.3. The van der Waals surface area contributed by atoms with Crippen LogP contribution in [0.1, 0.15) is 23.0 Å². The predicted molar refractivity (Wildman–Crippen MR) is 150 cm³/mol. The Labute approximate surface area is 224 Å². The van der Waals surface area contributed by atoms with E-state index in [1.165, 1.54) is 12.1 Å². The Balaban J connectivity index is 1.53. The summed E-state index contributed by atoms with van der Waals surface area (Å²) in [6, 6.07) is 14.6. The van der Waals surface area contributed by atoms with Crippen LogP contribution in [0, 0.1) is 5.82 Å². The Hall–Kier alpha value is -3.56. The van der Waals surface area contributed by atoms with Crippen molar-refractivity contribution in [3.63, 3.8) is 0 Å². The Morgan fingerprint density at radius 1 is 1.13 bits per heavy atom.